The van der Waals surface area contributed by atoms with Crippen LogP contribution in [0.15, 0.2) is 18.2 Å². The van der Waals surface area contributed by atoms with Gasteiger partial charge in [-0.3, -0.25) is 0 Å². The van der Waals surface area contributed by atoms with Crippen molar-refractivity contribution < 1.29 is 4.74 Å². The molecule has 1 heterocycles. The van der Waals surface area contributed by atoms with Crippen molar-refractivity contribution in [2.75, 3.05) is 11.9 Å². The van der Waals surface area contributed by atoms with E-state index in [1.165, 1.54) is 5.56 Å². The zero-order valence-corrected chi connectivity index (χ0v) is 11.6. The maximum Gasteiger partial charge on any atom is 0.143 e. The fraction of sp³-hybridized carbons (Fsp3) is 0.600. The van der Waals surface area contributed by atoms with Crippen LogP contribution in [0.3, 0.4) is 0 Å². The standard InChI is InChI=1S/C15H23NO/c1-6-15(5)10-16-12-9-11(14(2,3)4)7-8-13(12)17-15/h7-9,16H,6,10H2,1-5H3. The molecule has 1 aliphatic heterocycles. The first-order chi connectivity index (χ1) is 7.84. The van der Waals surface area contributed by atoms with Crippen molar-refractivity contribution in [3.8, 4) is 5.75 Å². The Morgan fingerprint density at radius 3 is 2.65 bits per heavy atom. The Balaban J connectivity index is 2.32. The highest BCUT2D eigenvalue weighted by Gasteiger charge is 2.30. The predicted molar refractivity (Wildman–Crippen MR) is 73.0 cm³/mol. The lowest BCUT2D eigenvalue weighted by Gasteiger charge is -2.36. The highest BCUT2D eigenvalue weighted by molar-refractivity contribution is 5.60. The largest absolute Gasteiger partial charge is 0.484 e. The normalized spacial score (nSPS) is 23.6. The lowest BCUT2D eigenvalue weighted by Crippen LogP contribution is -2.42. The highest BCUT2D eigenvalue weighted by atomic mass is 16.5. The van der Waals surface area contributed by atoms with Crippen LogP contribution in [0.4, 0.5) is 5.69 Å². The Morgan fingerprint density at radius 2 is 2.06 bits per heavy atom. The van der Waals surface area contributed by atoms with Gasteiger partial charge >= 0.3 is 0 Å². The quantitative estimate of drug-likeness (QED) is 0.792. The summed E-state index contributed by atoms with van der Waals surface area (Å²) in [5.74, 6) is 0.980. The average Bonchev–Trinajstić information content (AvgIpc) is 2.27. The van der Waals surface area contributed by atoms with Gasteiger partial charge in [0.25, 0.3) is 0 Å². The Morgan fingerprint density at radius 1 is 1.35 bits per heavy atom. The van der Waals surface area contributed by atoms with Gasteiger partial charge in [0.1, 0.15) is 11.4 Å². The lowest BCUT2D eigenvalue weighted by atomic mass is 9.86. The van der Waals surface area contributed by atoms with Crippen LogP contribution < -0.4 is 10.1 Å². The van der Waals surface area contributed by atoms with Crippen molar-refractivity contribution in [2.45, 2.75) is 52.1 Å². The fourth-order valence-corrected chi connectivity index (χ4v) is 2.00. The molecule has 2 rings (SSSR count). The van der Waals surface area contributed by atoms with Gasteiger partial charge in [0.15, 0.2) is 0 Å². The van der Waals surface area contributed by atoms with Crippen LogP contribution in [0.5, 0.6) is 5.75 Å². The molecule has 0 saturated carbocycles. The van der Waals surface area contributed by atoms with E-state index in [9.17, 15) is 0 Å². The molecule has 0 fully saturated rings. The summed E-state index contributed by atoms with van der Waals surface area (Å²) in [6.07, 6.45) is 1.01. The average molecular weight is 233 g/mol. The van der Waals surface area contributed by atoms with E-state index in [4.69, 9.17) is 4.74 Å². The second kappa shape index (κ2) is 3.94. The summed E-state index contributed by atoms with van der Waals surface area (Å²) < 4.78 is 6.07. The molecule has 0 spiro atoms. The number of hydrogen-bond acceptors (Lipinski definition) is 2. The van der Waals surface area contributed by atoms with Gasteiger partial charge in [-0.1, -0.05) is 33.8 Å². The summed E-state index contributed by atoms with van der Waals surface area (Å²) >= 11 is 0. The molecule has 1 unspecified atom stereocenters. The third-order valence-corrected chi connectivity index (χ3v) is 3.60. The van der Waals surface area contributed by atoms with E-state index in [2.05, 4.69) is 58.1 Å². The second-order valence-electron chi connectivity index (χ2n) is 6.22. The number of nitrogens with one attached hydrogen (secondary N) is 1. The van der Waals surface area contributed by atoms with Crippen molar-refractivity contribution in [3.05, 3.63) is 23.8 Å². The minimum absolute atomic E-state index is 0.0732. The number of ether oxygens (including phenoxy) is 1. The molecule has 2 nitrogen and oxygen atoms in total. The molecular weight excluding hydrogens is 210 g/mol. The van der Waals surface area contributed by atoms with E-state index >= 15 is 0 Å². The molecule has 17 heavy (non-hydrogen) atoms. The summed E-state index contributed by atoms with van der Waals surface area (Å²) in [6, 6.07) is 6.47. The lowest BCUT2D eigenvalue weighted by molar-refractivity contribution is 0.0911. The first-order valence-electron chi connectivity index (χ1n) is 6.41. The van der Waals surface area contributed by atoms with Crippen LogP contribution in [0.2, 0.25) is 0 Å². The molecule has 0 radical (unpaired) electrons. The SMILES string of the molecule is CCC1(C)CNc2cc(C(C)(C)C)ccc2O1. The summed E-state index contributed by atoms with van der Waals surface area (Å²) in [5.41, 5.74) is 2.58. The number of fused-ring (bicyclic) bond motifs is 1. The molecule has 0 amide bonds. The summed E-state index contributed by atoms with van der Waals surface area (Å²) in [6.45, 7) is 11.9. The van der Waals surface area contributed by atoms with Gasteiger partial charge in [-0.05, 0) is 36.5 Å². The van der Waals surface area contributed by atoms with Gasteiger partial charge in [0, 0.05) is 0 Å². The molecule has 1 aromatic carbocycles. The minimum Gasteiger partial charge on any atom is -0.484 e. The van der Waals surface area contributed by atoms with Crippen molar-refractivity contribution in [1.29, 1.82) is 0 Å². The van der Waals surface area contributed by atoms with Crippen LogP contribution in [0.25, 0.3) is 0 Å². The van der Waals surface area contributed by atoms with Gasteiger partial charge in [0.2, 0.25) is 0 Å². The minimum atomic E-state index is -0.0732. The molecule has 1 aliphatic rings. The Bertz CT molecular complexity index is 419. The molecule has 2 heteroatoms. The number of anilines is 1. The fourth-order valence-electron chi connectivity index (χ4n) is 2.00. The third kappa shape index (κ3) is 2.41. The van der Waals surface area contributed by atoms with Crippen LogP contribution >= 0.6 is 0 Å². The monoisotopic (exact) mass is 233 g/mol. The van der Waals surface area contributed by atoms with Crippen LogP contribution in [0, 0.1) is 0 Å². The van der Waals surface area contributed by atoms with Gasteiger partial charge in [-0.25, -0.2) is 0 Å². The van der Waals surface area contributed by atoms with E-state index in [-0.39, 0.29) is 11.0 Å². The molecule has 0 aliphatic carbocycles. The van der Waals surface area contributed by atoms with E-state index in [0.717, 1.165) is 24.4 Å². The van der Waals surface area contributed by atoms with Gasteiger partial charge in [0.05, 0.1) is 12.2 Å². The van der Waals surface area contributed by atoms with Crippen LogP contribution in [-0.4, -0.2) is 12.1 Å². The molecule has 1 atom stereocenters. The van der Waals surface area contributed by atoms with Crippen LogP contribution in [0.1, 0.15) is 46.6 Å². The Hall–Kier alpha value is -1.18. The first-order valence-corrected chi connectivity index (χ1v) is 6.41. The van der Waals surface area contributed by atoms with Crippen molar-refractivity contribution in [1.82, 2.24) is 0 Å². The van der Waals surface area contributed by atoms with Gasteiger partial charge in [-0.15, -0.1) is 0 Å². The molecule has 0 bridgehead atoms. The zero-order chi connectivity index (χ0) is 12.7. The maximum absolute atomic E-state index is 6.07. The summed E-state index contributed by atoms with van der Waals surface area (Å²) in [7, 11) is 0. The summed E-state index contributed by atoms with van der Waals surface area (Å²) in [5, 5.41) is 3.49. The number of hydrogen-bond donors (Lipinski definition) is 1. The van der Waals surface area contributed by atoms with Crippen molar-refractivity contribution >= 4 is 5.69 Å². The highest BCUT2D eigenvalue weighted by Crippen LogP contribution is 2.37. The van der Waals surface area contributed by atoms with E-state index in [1.807, 2.05) is 0 Å². The smallest absolute Gasteiger partial charge is 0.143 e. The Kier molecular flexibility index (Phi) is 2.84. The number of benzene rings is 1. The van der Waals surface area contributed by atoms with Gasteiger partial charge in [-0.2, -0.15) is 0 Å². The van der Waals surface area contributed by atoms with Crippen molar-refractivity contribution in [2.24, 2.45) is 0 Å². The van der Waals surface area contributed by atoms with Gasteiger partial charge < -0.3 is 10.1 Å². The zero-order valence-electron chi connectivity index (χ0n) is 11.6. The molecule has 0 saturated heterocycles. The Labute approximate surface area is 104 Å². The molecule has 94 valence electrons. The first kappa shape index (κ1) is 12.3. The predicted octanol–water partition coefficient (Wildman–Crippen LogP) is 3.96. The second-order valence-corrected chi connectivity index (χ2v) is 6.22. The molecule has 0 aromatic heterocycles. The molecular formula is C15H23NO. The number of rotatable bonds is 1. The summed E-state index contributed by atoms with van der Waals surface area (Å²) in [4.78, 5) is 0. The molecule has 1 aromatic rings. The van der Waals surface area contributed by atoms with Crippen molar-refractivity contribution in [3.63, 3.8) is 0 Å². The topological polar surface area (TPSA) is 21.3 Å². The third-order valence-electron chi connectivity index (χ3n) is 3.60. The van der Waals surface area contributed by atoms with E-state index < -0.39 is 0 Å². The maximum atomic E-state index is 6.07. The van der Waals surface area contributed by atoms with Crippen LogP contribution in [-0.2, 0) is 5.41 Å². The van der Waals surface area contributed by atoms with E-state index in [0.29, 0.717) is 0 Å². The molecule has 1 N–H and O–H groups in total. The van der Waals surface area contributed by atoms with E-state index in [1.54, 1.807) is 0 Å².